The van der Waals surface area contributed by atoms with Crippen molar-refractivity contribution in [1.82, 2.24) is 10.2 Å². The average molecular weight is 276 g/mol. The molecule has 0 aliphatic heterocycles. The second kappa shape index (κ2) is 4.93. The number of aromatic nitrogens is 2. The van der Waals surface area contributed by atoms with Crippen molar-refractivity contribution < 1.29 is 4.92 Å². The van der Waals surface area contributed by atoms with Gasteiger partial charge in [-0.15, -0.1) is 10.2 Å². The second-order valence-electron chi connectivity index (χ2n) is 4.45. The summed E-state index contributed by atoms with van der Waals surface area (Å²) in [5.74, 6) is 0. The molecule has 0 radical (unpaired) electrons. The third-order valence-electron chi connectivity index (χ3n) is 3.31. The molecule has 1 aromatic heterocycles. The normalized spacial score (nSPS) is 14.9. The van der Waals surface area contributed by atoms with Gasteiger partial charge < -0.3 is 4.90 Å². The standard InChI is InChI=1S/C12H12N4O2S/c17-16(18)11-6-2-5-10(7-11)15(9-3-1-4-9)12-14-13-8-19-12/h2,5-9H,1,3-4H2. The predicted molar refractivity (Wildman–Crippen MR) is 72.8 cm³/mol. The number of non-ortho nitro benzene ring substituents is 1. The molecule has 2 aromatic rings. The van der Waals surface area contributed by atoms with E-state index in [2.05, 4.69) is 15.1 Å². The van der Waals surface area contributed by atoms with E-state index in [1.54, 1.807) is 17.6 Å². The van der Waals surface area contributed by atoms with Crippen LogP contribution in [0, 0.1) is 10.1 Å². The van der Waals surface area contributed by atoms with Gasteiger partial charge in [0.1, 0.15) is 5.51 Å². The summed E-state index contributed by atoms with van der Waals surface area (Å²) >= 11 is 1.45. The summed E-state index contributed by atoms with van der Waals surface area (Å²) in [6, 6.07) is 7.06. The average Bonchev–Trinajstić information content (AvgIpc) is 2.87. The Hall–Kier alpha value is -2.02. The van der Waals surface area contributed by atoms with Crippen LogP contribution in [0.25, 0.3) is 0 Å². The van der Waals surface area contributed by atoms with E-state index in [9.17, 15) is 10.1 Å². The van der Waals surface area contributed by atoms with Gasteiger partial charge in [0.25, 0.3) is 5.69 Å². The topological polar surface area (TPSA) is 72.2 Å². The van der Waals surface area contributed by atoms with Crippen molar-refractivity contribution in [3.63, 3.8) is 0 Å². The van der Waals surface area contributed by atoms with E-state index in [0.29, 0.717) is 6.04 Å². The van der Waals surface area contributed by atoms with Gasteiger partial charge in [-0.1, -0.05) is 17.4 Å². The molecule has 1 saturated carbocycles. The summed E-state index contributed by atoms with van der Waals surface area (Å²) in [6.45, 7) is 0. The molecule has 0 atom stereocenters. The predicted octanol–water partition coefficient (Wildman–Crippen LogP) is 3.14. The molecule has 0 saturated heterocycles. The summed E-state index contributed by atoms with van der Waals surface area (Å²) < 4.78 is 0. The highest BCUT2D eigenvalue weighted by molar-refractivity contribution is 7.13. The first-order valence-corrected chi connectivity index (χ1v) is 6.93. The SMILES string of the molecule is O=[N+]([O-])c1cccc(N(c2nncs2)C2CCC2)c1. The minimum Gasteiger partial charge on any atom is -0.313 e. The smallest absolute Gasteiger partial charge is 0.271 e. The number of hydrogen-bond donors (Lipinski definition) is 0. The van der Waals surface area contributed by atoms with E-state index in [1.807, 2.05) is 6.07 Å². The maximum absolute atomic E-state index is 10.9. The Bertz CT molecular complexity index is 583. The second-order valence-corrected chi connectivity index (χ2v) is 5.26. The summed E-state index contributed by atoms with van der Waals surface area (Å²) in [5.41, 5.74) is 2.60. The van der Waals surface area contributed by atoms with Crippen LogP contribution in [0.3, 0.4) is 0 Å². The minimum absolute atomic E-state index is 0.103. The quantitative estimate of drug-likeness (QED) is 0.633. The monoisotopic (exact) mass is 276 g/mol. The van der Waals surface area contributed by atoms with Crippen LogP contribution >= 0.6 is 11.3 Å². The van der Waals surface area contributed by atoms with E-state index < -0.39 is 0 Å². The molecule has 0 spiro atoms. The first-order chi connectivity index (χ1) is 9.25. The number of rotatable bonds is 4. The Kier molecular flexibility index (Phi) is 3.12. The Labute approximate surface area is 113 Å². The van der Waals surface area contributed by atoms with Gasteiger partial charge in [-0.3, -0.25) is 10.1 Å². The summed E-state index contributed by atoms with van der Waals surface area (Å²) in [6.07, 6.45) is 3.36. The number of benzene rings is 1. The van der Waals surface area contributed by atoms with Crippen molar-refractivity contribution in [3.8, 4) is 0 Å². The fourth-order valence-electron chi connectivity index (χ4n) is 2.15. The zero-order chi connectivity index (χ0) is 13.2. The molecule has 19 heavy (non-hydrogen) atoms. The molecule has 0 bridgehead atoms. The van der Waals surface area contributed by atoms with Gasteiger partial charge in [-0.25, -0.2) is 0 Å². The fraction of sp³-hybridized carbons (Fsp3) is 0.333. The Balaban J connectivity index is 1.99. The molecule has 6 nitrogen and oxygen atoms in total. The molecule has 1 aliphatic rings. The molecule has 0 unspecified atom stereocenters. The lowest BCUT2D eigenvalue weighted by atomic mass is 9.91. The van der Waals surface area contributed by atoms with Gasteiger partial charge in [0, 0.05) is 18.2 Å². The van der Waals surface area contributed by atoms with E-state index >= 15 is 0 Å². The van der Waals surface area contributed by atoms with Crippen LogP contribution in [-0.2, 0) is 0 Å². The van der Waals surface area contributed by atoms with Crippen molar-refractivity contribution in [3.05, 3.63) is 39.9 Å². The third-order valence-corrected chi connectivity index (χ3v) is 4.00. The van der Waals surface area contributed by atoms with Crippen molar-refractivity contribution in [1.29, 1.82) is 0 Å². The van der Waals surface area contributed by atoms with Gasteiger partial charge in [-0.05, 0) is 25.3 Å². The van der Waals surface area contributed by atoms with E-state index in [-0.39, 0.29) is 10.6 Å². The lowest BCUT2D eigenvalue weighted by Crippen LogP contribution is -2.36. The van der Waals surface area contributed by atoms with E-state index in [0.717, 1.165) is 23.7 Å². The minimum atomic E-state index is -0.372. The van der Waals surface area contributed by atoms with Crippen molar-refractivity contribution >= 4 is 27.8 Å². The highest BCUT2D eigenvalue weighted by Crippen LogP contribution is 2.37. The zero-order valence-electron chi connectivity index (χ0n) is 10.1. The van der Waals surface area contributed by atoms with Crippen LogP contribution in [0.15, 0.2) is 29.8 Å². The Morgan fingerprint density at radius 3 is 2.84 bits per heavy atom. The van der Waals surface area contributed by atoms with Gasteiger partial charge in [0.2, 0.25) is 5.13 Å². The number of anilines is 2. The first-order valence-electron chi connectivity index (χ1n) is 6.05. The van der Waals surface area contributed by atoms with E-state index in [4.69, 9.17) is 0 Å². The van der Waals surface area contributed by atoms with Gasteiger partial charge in [-0.2, -0.15) is 0 Å². The number of nitro groups is 1. The van der Waals surface area contributed by atoms with Crippen LogP contribution in [0.5, 0.6) is 0 Å². The summed E-state index contributed by atoms with van der Waals surface area (Å²) in [4.78, 5) is 12.6. The molecule has 98 valence electrons. The van der Waals surface area contributed by atoms with Gasteiger partial charge in [0.15, 0.2) is 0 Å². The fourth-order valence-corrected chi connectivity index (χ4v) is 2.80. The van der Waals surface area contributed by atoms with Crippen LogP contribution in [0.4, 0.5) is 16.5 Å². The van der Waals surface area contributed by atoms with Crippen LogP contribution in [0.1, 0.15) is 19.3 Å². The molecule has 3 rings (SSSR count). The molecule has 0 amide bonds. The van der Waals surface area contributed by atoms with Crippen LogP contribution < -0.4 is 4.90 Å². The zero-order valence-corrected chi connectivity index (χ0v) is 10.9. The van der Waals surface area contributed by atoms with E-state index in [1.165, 1.54) is 23.8 Å². The van der Waals surface area contributed by atoms with Gasteiger partial charge in [0.05, 0.1) is 10.6 Å². The summed E-state index contributed by atoms with van der Waals surface area (Å²) in [5, 5.41) is 19.6. The number of nitrogens with zero attached hydrogens (tertiary/aromatic N) is 4. The van der Waals surface area contributed by atoms with Crippen molar-refractivity contribution in [2.45, 2.75) is 25.3 Å². The highest BCUT2D eigenvalue weighted by atomic mass is 32.1. The third kappa shape index (κ3) is 2.28. The molecule has 1 aromatic carbocycles. The van der Waals surface area contributed by atoms with Crippen molar-refractivity contribution in [2.75, 3.05) is 4.90 Å². The number of hydrogen-bond acceptors (Lipinski definition) is 6. The largest absolute Gasteiger partial charge is 0.313 e. The lowest BCUT2D eigenvalue weighted by Gasteiger charge is -2.37. The Morgan fingerprint density at radius 2 is 2.26 bits per heavy atom. The Morgan fingerprint density at radius 1 is 1.42 bits per heavy atom. The van der Waals surface area contributed by atoms with Crippen LogP contribution in [0.2, 0.25) is 0 Å². The maximum Gasteiger partial charge on any atom is 0.271 e. The molecule has 7 heteroatoms. The van der Waals surface area contributed by atoms with Crippen molar-refractivity contribution in [2.24, 2.45) is 0 Å². The van der Waals surface area contributed by atoms with Gasteiger partial charge >= 0.3 is 0 Å². The number of nitro benzene ring substituents is 1. The molecule has 1 fully saturated rings. The first kappa shape index (κ1) is 12.0. The summed E-state index contributed by atoms with van der Waals surface area (Å²) in [7, 11) is 0. The lowest BCUT2D eigenvalue weighted by molar-refractivity contribution is -0.384. The molecule has 1 aliphatic carbocycles. The van der Waals surface area contributed by atoms with Crippen LogP contribution in [-0.4, -0.2) is 21.2 Å². The highest BCUT2D eigenvalue weighted by Gasteiger charge is 2.29. The molecular formula is C12H12N4O2S. The molecular weight excluding hydrogens is 264 g/mol. The molecule has 1 heterocycles. The maximum atomic E-state index is 10.9. The molecule has 0 N–H and O–H groups in total.